The summed E-state index contributed by atoms with van der Waals surface area (Å²) < 4.78 is 10.9. The Labute approximate surface area is 227 Å². The first-order valence-corrected chi connectivity index (χ1v) is 13.0. The molecule has 7 nitrogen and oxygen atoms in total. The summed E-state index contributed by atoms with van der Waals surface area (Å²) in [5, 5.41) is 0. The number of likely N-dealkylation sites (tertiary alicyclic amines) is 2. The van der Waals surface area contributed by atoms with Gasteiger partial charge in [-0.25, -0.2) is 0 Å². The summed E-state index contributed by atoms with van der Waals surface area (Å²) in [6, 6.07) is 16.3. The van der Waals surface area contributed by atoms with Gasteiger partial charge in [-0.05, 0) is 68.9 Å². The van der Waals surface area contributed by atoms with Gasteiger partial charge in [-0.3, -0.25) is 9.59 Å². The lowest BCUT2D eigenvalue weighted by atomic mass is 9.90. The van der Waals surface area contributed by atoms with Crippen LogP contribution in [0.1, 0.15) is 31.2 Å². The molecule has 0 radical (unpaired) electrons. The summed E-state index contributed by atoms with van der Waals surface area (Å²) in [5.74, 6) is 1.67. The number of hydrogen-bond donors (Lipinski definition) is 0. The molecule has 1 atom stereocenters. The summed E-state index contributed by atoms with van der Waals surface area (Å²) in [7, 11) is 4.96. The molecule has 2 aromatic carbocycles. The van der Waals surface area contributed by atoms with Gasteiger partial charge in [-0.1, -0.05) is 30.3 Å². The van der Waals surface area contributed by atoms with Crippen molar-refractivity contribution in [2.24, 2.45) is 11.8 Å². The molecule has 0 N–H and O–H groups in total. The van der Waals surface area contributed by atoms with Gasteiger partial charge in [0.1, 0.15) is 0 Å². The van der Waals surface area contributed by atoms with Gasteiger partial charge in [0.2, 0.25) is 11.8 Å². The second-order valence-corrected chi connectivity index (χ2v) is 10.0. The predicted molar refractivity (Wildman–Crippen MR) is 149 cm³/mol. The van der Waals surface area contributed by atoms with Gasteiger partial charge in [0.25, 0.3) is 0 Å². The van der Waals surface area contributed by atoms with Crippen LogP contribution in [0.3, 0.4) is 0 Å². The van der Waals surface area contributed by atoms with E-state index in [9.17, 15) is 9.59 Å². The van der Waals surface area contributed by atoms with Crippen molar-refractivity contribution in [1.29, 1.82) is 0 Å². The molecule has 2 aliphatic rings. The standard InChI is InChI=1S/C29H39N3O4.ClH/c1-30-21-24(19-28(30)33)29(34)32(25-10-11-26(35-2)27(20-25)36-3)15-7-14-31-16-12-23(13-17-31)18-22-8-5-4-6-9-22;/h4-6,8-11,20,23-24H,7,12-19,21H2,1-3H3;1H. The third-order valence-corrected chi connectivity index (χ3v) is 7.57. The van der Waals surface area contributed by atoms with Crippen molar-refractivity contribution >= 4 is 29.9 Å². The van der Waals surface area contributed by atoms with Crippen molar-refractivity contribution in [3.8, 4) is 11.5 Å². The highest BCUT2D eigenvalue weighted by atomic mass is 35.5. The lowest BCUT2D eigenvalue weighted by molar-refractivity contribution is -0.127. The number of halogens is 1. The minimum absolute atomic E-state index is 0. The van der Waals surface area contributed by atoms with Crippen LogP contribution in [-0.2, 0) is 16.0 Å². The second-order valence-electron chi connectivity index (χ2n) is 10.0. The molecule has 2 fully saturated rings. The molecule has 2 aromatic rings. The summed E-state index contributed by atoms with van der Waals surface area (Å²) in [6.45, 7) is 4.23. The zero-order valence-electron chi connectivity index (χ0n) is 22.2. The van der Waals surface area contributed by atoms with E-state index in [1.165, 1.54) is 18.4 Å². The number of piperidine rings is 1. The molecule has 37 heavy (non-hydrogen) atoms. The molecule has 2 amide bonds. The van der Waals surface area contributed by atoms with E-state index in [2.05, 4.69) is 35.2 Å². The van der Waals surface area contributed by atoms with Crippen LogP contribution in [0.4, 0.5) is 5.69 Å². The van der Waals surface area contributed by atoms with E-state index in [4.69, 9.17) is 9.47 Å². The van der Waals surface area contributed by atoms with E-state index >= 15 is 0 Å². The van der Waals surface area contributed by atoms with E-state index < -0.39 is 0 Å². The first-order valence-electron chi connectivity index (χ1n) is 13.0. The molecule has 2 aliphatic heterocycles. The van der Waals surface area contributed by atoms with Crippen LogP contribution in [0.2, 0.25) is 0 Å². The molecule has 0 aromatic heterocycles. The van der Waals surface area contributed by atoms with Crippen LogP contribution in [-0.4, -0.2) is 75.6 Å². The Morgan fingerprint density at radius 3 is 2.35 bits per heavy atom. The van der Waals surface area contributed by atoms with Gasteiger partial charge in [0, 0.05) is 38.3 Å². The zero-order valence-corrected chi connectivity index (χ0v) is 23.0. The molecule has 2 saturated heterocycles. The van der Waals surface area contributed by atoms with E-state index in [1.807, 2.05) is 23.1 Å². The molecule has 4 rings (SSSR count). The Morgan fingerprint density at radius 2 is 1.73 bits per heavy atom. The van der Waals surface area contributed by atoms with Gasteiger partial charge in [0.05, 0.1) is 20.1 Å². The number of amides is 2. The van der Waals surface area contributed by atoms with Crippen LogP contribution >= 0.6 is 12.4 Å². The van der Waals surface area contributed by atoms with E-state index in [0.29, 0.717) is 24.6 Å². The average Bonchev–Trinajstić information content (AvgIpc) is 3.25. The summed E-state index contributed by atoms with van der Waals surface area (Å²) >= 11 is 0. The van der Waals surface area contributed by atoms with E-state index in [0.717, 1.165) is 44.1 Å². The lowest BCUT2D eigenvalue weighted by Gasteiger charge is -2.33. The van der Waals surface area contributed by atoms with Crippen molar-refractivity contribution in [1.82, 2.24) is 9.80 Å². The minimum atomic E-state index is -0.315. The number of rotatable bonds is 10. The Bertz CT molecular complexity index is 1030. The quantitative estimate of drug-likeness (QED) is 0.459. The van der Waals surface area contributed by atoms with Crippen LogP contribution in [0.15, 0.2) is 48.5 Å². The number of anilines is 1. The molecule has 1 unspecified atom stereocenters. The van der Waals surface area contributed by atoms with Crippen molar-refractivity contribution in [3.63, 3.8) is 0 Å². The van der Waals surface area contributed by atoms with Crippen LogP contribution in [0.25, 0.3) is 0 Å². The Hall–Kier alpha value is -2.77. The minimum Gasteiger partial charge on any atom is -0.493 e. The fourth-order valence-corrected chi connectivity index (χ4v) is 5.42. The molecule has 0 aliphatic carbocycles. The van der Waals surface area contributed by atoms with Crippen molar-refractivity contribution in [2.45, 2.75) is 32.1 Å². The number of carbonyl (C=O) groups excluding carboxylic acids is 2. The Balaban J connectivity index is 0.00000380. The number of hydrogen-bond acceptors (Lipinski definition) is 5. The first-order chi connectivity index (χ1) is 17.5. The monoisotopic (exact) mass is 529 g/mol. The van der Waals surface area contributed by atoms with Gasteiger partial charge in [0.15, 0.2) is 11.5 Å². The number of nitrogens with zero attached hydrogens (tertiary/aromatic N) is 3. The van der Waals surface area contributed by atoms with Crippen molar-refractivity contribution in [2.75, 3.05) is 58.9 Å². The molecular formula is C29H40ClN3O4. The van der Waals surface area contributed by atoms with Gasteiger partial charge < -0.3 is 24.2 Å². The normalized spacial score (nSPS) is 18.4. The first kappa shape index (κ1) is 28.8. The maximum absolute atomic E-state index is 13.6. The molecule has 2 heterocycles. The highest BCUT2D eigenvalue weighted by molar-refractivity contribution is 5.99. The van der Waals surface area contributed by atoms with Gasteiger partial charge >= 0.3 is 0 Å². The zero-order chi connectivity index (χ0) is 25.5. The number of benzene rings is 2. The average molecular weight is 530 g/mol. The highest BCUT2D eigenvalue weighted by Crippen LogP contribution is 2.33. The summed E-state index contributed by atoms with van der Waals surface area (Å²) in [4.78, 5) is 31.7. The third kappa shape index (κ3) is 7.39. The van der Waals surface area contributed by atoms with Crippen LogP contribution in [0.5, 0.6) is 11.5 Å². The maximum atomic E-state index is 13.6. The van der Waals surface area contributed by atoms with Crippen LogP contribution < -0.4 is 14.4 Å². The number of carbonyl (C=O) groups is 2. The third-order valence-electron chi connectivity index (χ3n) is 7.57. The summed E-state index contributed by atoms with van der Waals surface area (Å²) in [6.07, 6.45) is 4.73. The summed E-state index contributed by atoms with van der Waals surface area (Å²) in [5.41, 5.74) is 2.21. The van der Waals surface area contributed by atoms with Gasteiger partial charge in [-0.2, -0.15) is 0 Å². The lowest BCUT2D eigenvalue weighted by Crippen LogP contribution is -2.40. The fraction of sp³-hybridized carbons (Fsp3) is 0.517. The largest absolute Gasteiger partial charge is 0.493 e. The van der Waals surface area contributed by atoms with Crippen molar-refractivity contribution < 1.29 is 19.1 Å². The fourth-order valence-electron chi connectivity index (χ4n) is 5.42. The molecule has 0 saturated carbocycles. The predicted octanol–water partition coefficient (Wildman–Crippen LogP) is 4.28. The Kier molecular flexibility index (Phi) is 10.6. The van der Waals surface area contributed by atoms with Crippen LogP contribution in [0, 0.1) is 11.8 Å². The van der Waals surface area contributed by atoms with E-state index in [1.54, 1.807) is 26.2 Å². The molecule has 0 bridgehead atoms. The molecular weight excluding hydrogens is 490 g/mol. The number of methoxy groups -OCH3 is 2. The maximum Gasteiger partial charge on any atom is 0.232 e. The second kappa shape index (κ2) is 13.7. The van der Waals surface area contributed by atoms with Gasteiger partial charge in [-0.15, -0.1) is 12.4 Å². The smallest absolute Gasteiger partial charge is 0.232 e. The number of ether oxygens (including phenoxy) is 2. The molecule has 8 heteroatoms. The Morgan fingerprint density at radius 1 is 1.03 bits per heavy atom. The topological polar surface area (TPSA) is 62.3 Å². The molecule has 0 spiro atoms. The highest BCUT2D eigenvalue weighted by Gasteiger charge is 2.35. The van der Waals surface area contributed by atoms with E-state index in [-0.39, 0.29) is 36.6 Å². The SMILES string of the molecule is COc1ccc(N(CCCN2CCC(Cc3ccccc3)CC2)C(=O)C2CC(=O)N(C)C2)cc1OC.Cl. The van der Waals surface area contributed by atoms with Crippen molar-refractivity contribution in [3.05, 3.63) is 54.1 Å². The molecule has 202 valence electrons.